The monoisotopic (exact) mass is 386 g/mol. The maximum atomic E-state index is 12.6. The van der Waals surface area contributed by atoms with E-state index in [4.69, 9.17) is 0 Å². The number of hydrogen-bond donors (Lipinski definition) is 2. The van der Waals surface area contributed by atoms with Gasteiger partial charge in [0.25, 0.3) is 11.8 Å². The molecule has 0 bridgehead atoms. The van der Waals surface area contributed by atoms with Crippen LogP contribution in [0, 0.1) is 0 Å². The largest absolute Gasteiger partial charge is 0.508 e. The van der Waals surface area contributed by atoms with E-state index in [1.807, 2.05) is 0 Å². The number of nitrogens with one attached hydrogen (secondary N) is 1. The van der Waals surface area contributed by atoms with Crippen LogP contribution in [0.4, 0.5) is 10.5 Å². The van der Waals surface area contributed by atoms with E-state index in [0.29, 0.717) is 15.7 Å². The molecule has 2 N–H and O–H groups in total. The van der Waals surface area contributed by atoms with E-state index < -0.39 is 17.8 Å². The van der Waals surface area contributed by atoms with Crippen LogP contribution >= 0.6 is 15.9 Å². The van der Waals surface area contributed by atoms with E-state index in [1.165, 1.54) is 18.2 Å². The first-order valence-corrected chi connectivity index (χ1v) is 7.71. The number of phenolic OH excluding ortho intramolecular Hbond substituents is 1. The smallest absolute Gasteiger partial charge is 0.335 e. The first-order valence-electron chi connectivity index (χ1n) is 6.92. The second kappa shape index (κ2) is 6.29. The number of imide groups is 2. The molecule has 0 saturated carbocycles. The van der Waals surface area contributed by atoms with E-state index in [1.54, 1.807) is 36.4 Å². The molecular formula is C17H11BrN2O4. The zero-order valence-electron chi connectivity index (χ0n) is 12.2. The number of hydrogen-bond acceptors (Lipinski definition) is 4. The minimum Gasteiger partial charge on any atom is -0.508 e. The van der Waals surface area contributed by atoms with Gasteiger partial charge in [-0.3, -0.25) is 14.9 Å². The molecule has 0 atom stereocenters. The van der Waals surface area contributed by atoms with E-state index in [2.05, 4.69) is 21.2 Å². The molecule has 120 valence electrons. The molecule has 1 aliphatic heterocycles. The van der Waals surface area contributed by atoms with E-state index in [9.17, 15) is 19.5 Å². The maximum Gasteiger partial charge on any atom is 0.335 e. The Bertz CT molecular complexity index is 874. The molecule has 1 fully saturated rings. The van der Waals surface area contributed by atoms with E-state index >= 15 is 0 Å². The van der Waals surface area contributed by atoms with Crippen LogP contribution in [-0.2, 0) is 9.59 Å². The van der Waals surface area contributed by atoms with Gasteiger partial charge in [-0.1, -0.05) is 34.1 Å². The number of carbonyl (C=O) groups is 3. The lowest BCUT2D eigenvalue weighted by Crippen LogP contribution is -2.54. The normalized spacial score (nSPS) is 16.5. The Balaban J connectivity index is 2.01. The van der Waals surface area contributed by atoms with Gasteiger partial charge in [0.15, 0.2) is 0 Å². The molecule has 1 aliphatic rings. The standard InChI is InChI=1S/C17H11BrN2O4/c18-11-2-1-3-12(9-11)20-16(23)14(15(22)19-17(20)24)8-10-4-6-13(21)7-5-10/h1-9,21H,(H,19,22,24)/b14-8+. The molecule has 0 spiro atoms. The summed E-state index contributed by atoms with van der Waals surface area (Å²) in [7, 11) is 0. The van der Waals surface area contributed by atoms with E-state index in [0.717, 1.165) is 4.90 Å². The molecule has 1 heterocycles. The van der Waals surface area contributed by atoms with Crippen LogP contribution in [0.5, 0.6) is 5.75 Å². The average Bonchev–Trinajstić information content (AvgIpc) is 2.53. The number of benzene rings is 2. The highest BCUT2D eigenvalue weighted by atomic mass is 79.9. The van der Waals surface area contributed by atoms with Crippen molar-refractivity contribution in [2.75, 3.05) is 4.90 Å². The van der Waals surface area contributed by atoms with Crippen molar-refractivity contribution in [1.82, 2.24) is 5.32 Å². The third-order valence-electron chi connectivity index (χ3n) is 3.37. The quantitative estimate of drug-likeness (QED) is 0.613. The Hall–Kier alpha value is -2.93. The van der Waals surface area contributed by atoms with Crippen molar-refractivity contribution >= 4 is 45.5 Å². The van der Waals surface area contributed by atoms with Gasteiger partial charge in [0.1, 0.15) is 11.3 Å². The zero-order valence-corrected chi connectivity index (χ0v) is 13.8. The lowest BCUT2D eigenvalue weighted by molar-refractivity contribution is -0.122. The molecule has 4 amide bonds. The second-order valence-corrected chi connectivity index (χ2v) is 5.94. The van der Waals surface area contributed by atoms with Gasteiger partial charge < -0.3 is 5.11 Å². The molecule has 0 radical (unpaired) electrons. The number of urea groups is 1. The molecule has 7 heteroatoms. The zero-order chi connectivity index (χ0) is 17.3. The number of rotatable bonds is 2. The number of amides is 4. The summed E-state index contributed by atoms with van der Waals surface area (Å²) in [5.74, 6) is -1.40. The summed E-state index contributed by atoms with van der Waals surface area (Å²) in [6, 6.07) is 11.8. The highest BCUT2D eigenvalue weighted by Crippen LogP contribution is 2.24. The lowest BCUT2D eigenvalue weighted by atomic mass is 10.1. The SMILES string of the molecule is O=C1NC(=O)N(c2cccc(Br)c2)C(=O)/C1=C/c1ccc(O)cc1. The minimum atomic E-state index is -0.800. The Morgan fingerprint density at radius 3 is 2.42 bits per heavy atom. The predicted octanol–water partition coefficient (Wildman–Crippen LogP) is 2.82. The van der Waals surface area contributed by atoms with Crippen LogP contribution in [0.15, 0.2) is 58.6 Å². The van der Waals surface area contributed by atoms with Crippen LogP contribution in [-0.4, -0.2) is 23.0 Å². The maximum absolute atomic E-state index is 12.6. The van der Waals surface area contributed by atoms with Gasteiger partial charge in [0, 0.05) is 4.47 Å². The molecule has 24 heavy (non-hydrogen) atoms. The summed E-state index contributed by atoms with van der Waals surface area (Å²) in [6.45, 7) is 0. The van der Waals surface area contributed by atoms with Gasteiger partial charge in [-0.05, 0) is 42.0 Å². The van der Waals surface area contributed by atoms with Crippen molar-refractivity contribution in [3.8, 4) is 5.75 Å². The summed E-state index contributed by atoms with van der Waals surface area (Å²) in [4.78, 5) is 37.6. The number of nitrogens with zero attached hydrogens (tertiary/aromatic N) is 1. The number of anilines is 1. The Labute approximate surface area is 145 Å². The molecule has 3 rings (SSSR count). The molecule has 6 nitrogen and oxygen atoms in total. The fourth-order valence-corrected chi connectivity index (χ4v) is 2.63. The van der Waals surface area contributed by atoms with Crippen molar-refractivity contribution in [1.29, 1.82) is 0 Å². The fourth-order valence-electron chi connectivity index (χ4n) is 2.24. The van der Waals surface area contributed by atoms with Crippen molar-refractivity contribution in [2.45, 2.75) is 0 Å². The first-order chi connectivity index (χ1) is 11.5. The Kier molecular flexibility index (Phi) is 4.18. The molecule has 0 unspecified atom stereocenters. The summed E-state index contributed by atoms with van der Waals surface area (Å²) in [6.07, 6.45) is 1.37. The number of carbonyl (C=O) groups excluding carboxylic acids is 3. The van der Waals surface area contributed by atoms with E-state index in [-0.39, 0.29) is 11.3 Å². The molecule has 0 aromatic heterocycles. The second-order valence-electron chi connectivity index (χ2n) is 5.03. The van der Waals surface area contributed by atoms with Gasteiger partial charge in [-0.25, -0.2) is 9.69 Å². The predicted molar refractivity (Wildman–Crippen MR) is 91.3 cm³/mol. The summed E-state index contributed by atoms with van der Waals surface area (Å²) in [5.41, 5.74) is 0.728. The average molecular weight is 387 g/mol. The number of phenols is 1. The first kappa shape index (κ1) is 15.9. The van der Waals surface area contributed by atoms with Crippen LogP contribution < -0.4 is 10.2 Å². The van der Waals surface area contributed by atoms with Crippen LogP contribution in [0.2, 0.25) is 0 Å². The third kappa shape index (κ3) is 3.07. The highest BCUT2D eigenvalue weighted by Gasteiger charge is 2.36. The topological polar surface area (TPSA) is 86.7 Å². The third-order valence-corrected chi connectivity index (χ3v) is 3.87. The lowest BCUT2D eigenvalue weighted by Gasteiger charge is -2.26. The summed E-state index contributed by atoms with van der Waals surface area (Å²) < 4.78 is 0.696. The summed E-state index contributed by atoms with van der Waals surface area (Å²) in [5, 5.41) is 11.4. The molecule has 1 saturated heterocycles. The van der Waals surface area contributed by atoms with Crippen LogP contribution in [0.1, 0.15) is 5.56 Å². The number of halogens is 1. The van der Waals surface area contributed by atoms with Crippen molar-refractivity contribution in [3.05, 3.63) is 64.1 Å². The molecule has 2 aromatic carbocycles. The van der Waals surface area contributed by atoms with Crippen molar-refractivity contribution in [3.63, 3.8) is 0 Å². The highest BCUT2D eigenvalue weighted by molar-refractivity contribution is 9.10. The van der Waals surface area contributed by atoms with Crippen molar-refractivity contribution in [2.24, 2.45) is 0 Å². The van der Waals surface area contributed by atoms with Crippen molar-refractivity contribution < 1.29 is 19.5 Å². The van der Waals surface area contributed by atoms with Gasteiger partial charge in [0.05, 0.1) is 5.69 Å². The summed E-state index contributed by atoms with van der Waals surface area (Å²) >= 11 is 3.28. The molecule has 2 aromatic rings. The van der Waals surface area contributed by atoms with Crippen LogP contribution in [0.25, 0.3) is 6.08 Å². The minimum absolute atomic E-state index is 0.0718. The number of aromatic hydroxyl groups is 1. The van der Waals surface area contributed by atoms with Gasteiger partial charge in [-0.2, -0.15) is 0 Å². The molecular weight excluding hydrogens is 376 g/mol. The fraction of sp³-hybridized carbons (Fsp3) is 0. The van der Waals surface area contributed by atoms with Gasteiger partial charge in [-0.15, -0.1) is 0 Å². The number of barbiturate groups is 1. The molecule has 0 aliphatic carbocycles. The van der Waals surface area contributed by atoms with Crippen LogP contribution in [0.3, 0.4) is 0 Å². The Morgan fingerprint density at radius 1 is 1.04 bits per heavy atom. The van der Waals surface area contributed by atoms with Gasteiger partial charge >= 0.3 is 6.03 Å². The van der Waals surface area contributed by atoms with Gasteiger partial charge in [0.2, 0.25) is 0 Å². The Morgan fingerprint density at radius 2 is 1.75 bits per heavy atom.